The number of alkyl halides is 3. The Morgan fingerprint density at radius 2 is 2.00 bits per heavy atom. The summed E-state index contributed by atoms with van der Waals surface area (Å²) in [4.78, 5) is 31.5. The number of nitrogens with one attached hydrogen (secondary N) is 1. The third-order valence-corrected chi connectivity index (χ3v) is 6.15. The Morgan fingerprint density at radius 3 is 2.70 bits per heavy atom. The molecule has 4 rings (SSSR count). The lowest BCUT2D eigenvalue weighted by molar-refractivity contribution is -0.137. The number of aromatic nitrogens is 2. The number of fused-ring (bicyclic) bond motifs is 1. The molecule has 1 aliphatic heterocycles. The first kappa shape index (κ1) is 20.7. The average Bonchev–Trinajstić information content (AvgIpc) is 3.37. The number of rotatable bonds is 4. The van der Waals surface area contributed by atoms with E-state index in [1.807, 2.05) is 0 Å². The number of nitrogens with zero attached hydrogens (tertiary/aromatic N) is 3. The van der Waals surface area contributed by atoms with E-state index in [0.29, 0.717) is 23.5 Å². The molecule has 1 N–H and O–H groups in total. The number of thiophene rings is 1. The van der Waals surface area contributed by atoms with Gasteiger partial charge in [-0.3, -0.25) is 9.59 Å². The van der Waals surface area contributed by atoms with Crippen molar-refractivity contribution < 1.29 is 18.0 Å². The van der Waals surface area contributed by atoms with Gasteiger partial charge in [0, 0.05) is 24.0 Å². The van der Waals surface area contributed by atoms with Crippen molar-refractivity contribution in [3.05, 3.63) is 50.8 Å². The van der Waals surface area contributed by atoms with Crippen LogP contribution < -0.4 is 11.0 Å². The van der Waals surface area contributed by atoms with Gasteiger partial charge in [0.1, 0.15) is 17.7 Å². The smallest absolute Gasteiger partial charge is 0.341 e. The van der Waals surface area contributed by atoms with E-state index in [2.05, 4.69) is 10.4 Å². The fourth-order valence-electron chi connectivity index (χ4n) is 3.40. The Kier molecular flexibility index (Phi) is 5.46. The van der Waals surface area contributed by atoms with Crippen LogP contribution in [0, 0.1) is 0 Å². The van der Waals surface area contributed by atoms with Crippen LogP contribution in [0.5, 0.6) is 0 Å². The van der Waals surface area contributed by atoms with Gasteiger partial charge in [-0.25, -0.2) is 9.66 Å². The molecule has 6 nitrogen and oxygen atoms in total. The molecule has 0 unspecified atom stereocenters. The number of amides is 1. The van der Waals surface area contributed by atoms with Crippen molar-refractivity contribution in [2.75, 3.05) is 25.1 Å². The molecular weight excluding hydrogens is 441 g/mol. The van der Waals surface area contributed by atoms with Crippen molar-refractivity contribution in [3.8, 4) is 11.1 Å². The highest BCUT2D eigenvalue weighted by Crippen LogP contribution is 2.39. The van der Waals surface area contributed by atoms with Gasteiger partial charge in [0.05, 0.1) is 16.0 Å². The van der Waals surface area contributed by atoms with Crippen molar-refractivity contribution in [1.82, 2.24) is 14.6 Å². The second kappa shape index (κ2) is 7.92. The van der Waals surface area contributed by atoms with E-state index in [9.17, 15) is 22.8 Å². The molecule has 3 heterocycles. The fourth-order valence-corrected chi connectivity index (χ4v) is 4.53. The van der Waals surface area contributed by atoms with E-state index < -0.39 is 22.3 Å². The van der Waals surface area contributed by atoms with Crippen molar-refractivity contribution in [2.45, 2.75) is 19.0 Å². The Hall–Kier alpha value is -2.59. The summed E-state index contributed by atoms with van der Waals surface area (Å²) in [5.74, 6) is -0.127. The minimum atomic E-state index is -4.62. The van der Waals surface area contributed by atoms with E-state index in [1.165, 1.54) is 12.4 Å². The first-order valence-corrected chi connectivity index (χ1v) is 10.4. The summed E-state index contributed by atoms with van der Waals surface area (Å²) in [5.41, 5.74) is 1.83. The second-order valence-electron chi connectivity index (χ2n) is 6.86. The van der Waals surface area contributed by atoms with Crippen LogP contribution >= 0.6 is 22.9 Å². The molecule has 158 valence electrons. The first-order chi connectivity index (χ1) is 14.3. The lowest BCUT2D eigenvalue weighted by Crippen LogP contribution is -2.38. The molecule has 3 aromatic rings. The van der Waals surface area contributed by atoms with Crippen LogP contribution in [0.3, 0.4) is 0 Å². The van der Waals surface area contributed by atoms with E-state index in [4.69, 9.17) is 11.6 Å². The van der Waals surface area contributed by atoms with E-state index >= 15 is 0 Å². The first-order valence-electron chi connectivity index (χ1n) is 9.13. The zero-order valence-corrected chi connectivity index (χ0v) is 17.1. The summed E-state index contributed by atoms with van der Waals surface area (Å²) >= 11 is 6.85. The van der Waals surface area contributed by atoms with Crippen LogP contribution in [0.15, 0.2) is 34.7 Å². The zero-order valence-electron chi connectivity index (χ0n) is 15.5. The van der Waals surface area contributed by atoms with Gasteiger partial charge < -0.3 is 10.3 Å². The highest BCUT2D eigenvalue weighted by atomic mass is 35.5. The predicted octanol–water partition coefficient (Wildman–Crippen LogP) is 3.96. The van der Waals surface area contributed by atoms with Crippen LogP contribution in [-0.4, -0.2) is 40.1 Å². The molecule has 0 spiro atoms. The summed E-state index contributed by atoms with van der Waals surface area (Å²) in [6, 6.07) is 3.51. The molecule has 0 saturated carbocycles. The number of benzene rings is 1. The minimum Gasteiger partial charge on any atom is -0.341 e. The normalized spacial score (nSPS) is 14.5. The van der Waals surface area contributed by atoms with Crippen LogP contribution in [0.25, 0.3) is 21.3 Å². The third kappa shape index (κ3) is 3.89. The van der Waals surface area contributed by atoms with Crippen LogP contribution in [0.2, 0.25) is 5.02 Å². The van der Waals surface area contributed by atoms with Gasteiger partial charge in [-0.05, 0) is 30.5 Å². The zero-order chi connectivity index (χ0) is 21.5. The lowest BCUT2D eigenvalue weighted by Gasteiger charge is -2.16. The number of carbonyl (C=O) groups is 1. The number of hydrogen-bond donors (Lipinski definition) is 1. The molecule has 1 amide bonds. The molecule has 1 aromatic carbocycles. The molecule has 0 bridgehead atoms. The Bertz CT molecular complexity index is 1170. The number of hydrogen-bond acceptors (Lipinski definition) is 5. The van der Waals surface area contributed by atoms with Gasteiger partial charge in [-0.15, -0.1) is 11.3 Å². The third-order valence-electron chi connectivity index (χ3n) is 4.94. The Balaban J connectivity index is 1.68. The van der Waals surface area contributed by atoms with Crippen LogP contribution in [0.1, 0.15) is 18.4 Å². The molecule has 1 fully saturated rings. The predicted molar refractivity (Wildman–Crippen MR) is 109 cm³/mol. The lowest BCUT2D eigenvalue weighted by atomic mass is 10.0. The SMILES string of the molecule is O=C(CNn1cnc2scc(-c3ccc(Cl)c(C(F)(F)F)c3)c2c1=O)N1CCCC1. The quantitative estimate of drug-likeness (QED) is 0.645. The fraction of sp³-hybridized carbons (Fsp3) is 0.316. The van der Waals surface area contributed by atoms with Crippen molar-refractivity contribution in [2.24, 2.45) is 0 Å². The maximum Gasteiger partial charge on any atom is 0.417 e. The maximum absolute atomic E-state index is 13.2. The van der Waals surface area contributed by atoms with Gasteiger partial charge in [0.25, 0.3) is 5.56 Å². The average molecular weight is 457 g/mol. The monoisotopic (exact) mass is 456 g/mol. The molecule has 0 atom stereocenters. The number of likely N-dealkylation sites (tertiary alicyclic amines) is 1. The summed E-state index contributed by atoms with van der Waals surface area (Å²) in [6.07, 6.45) is -1.43. The number of carbonyl (C=O) groups excluding carboxylic acids is 1. The van der Waals surface area contributed by atoms with Gasteiger partial charge in [-0.2, -0.15) is 13.2 Å². The van der Waals surface area contributed by atoms with Crippen molar-refractivity contribution in [1.29, 1.82) is 0 Å². The van der Waals surface area contributed by atoms with Crippen molar-refractivity contribution >= 4 is 39.1 Å². The molecule has 0 radical (unpaired) electrons. The second-order valence-corrected chi connectivity index (χ2v) is 8.13. The largest absolute Gasteiger partial charge is 0.417 e. The highest BCUT2D eigenvalue weighted by Gasteiger charge is 2.33. The van der Waals surface area contributed by atoms with E-state index in [-0.39, 0.29) is 23.4 Å². The summed E-state index contributed by atoms with van der Waals surface area (Å²) in [6.45, 7) is 1.31. The van der Waals surface area contributed by atoms with Gasteiger partial charge in [0.15, 0.2) is 0 Å². The summed E-state index contributed by atoms with van der Waals surface area (Å²) in [7, 11) is 0. The van der Waals surface area contributed by atoms with Gasteiger partial charge in [0.2, 0.25) is 5.91 Å². The minimum absolute atomic E-state index is 0.0776. The topological polar surface area (TPSA) is 67.2 Å². The molecule has 11 heteroatoms. The standard InChI is InChI=1S/C19H16ClF3N4O2S/c20-14-4-3-11(7-13(14)19(21,22)23)12-9-30-17-16(12)18(29)27(10-24-17)25-8-15(28)26-5-1-2-6-26/h3-4,7,9-10,25H,1-2,5-6,8H2. The molecule has 1 aliphatic rings. The molecule has 1 saturated heterocycles. The summed E-state index contributed by atoms with van der Waals surface area (Å²) in [5, 5.41) is 1.35. The molecular formula is C19H16ClF3N4O2S. The van der Waals surface area contributed by atoms with Gasteiger partial charge in [-0.1, -0.05) is 17.7 Å². The molecule has 30 heavy (non-hydrogen) atoms. The summed E-state index contributed by atoms with van der Waals surface area (Å²) < 4.78 is 40.8. The van der Waals surface area contributed by atoms with E-state index in [1.54, 1.807) is 10.3 Å². The highest BCUT2D eigenvalue weighted by molar-refractivity contribution is 7.17. The Morgan fingerprint density at radius 1 is 1.27 bits per heavy atom. The maximum atomic E-state index is 13.2. The van der Waals surface area contributed by atoms with Crippen molar-refractivity contribution in [3.63, 3.8) is 0 Å². The van der Waals surface area contributed by atoms with Crippen LogP contribution in [-0.2, 0) is 11.0 Å². The van der Waals surface area contributed by atoms with Gasteiger partial charge >= 0.3 is 6.18 Å². The van der Waals surface area contributed by atoms with Crippen LogP contribution in [0.4, 0.5) is 13.2 Å². The molecule has 0 aliphatic carbocycles. The molecule has 2 aromatic heterocycles. The van der Waals surface area contributed by atoms with E-state index in [0.717, 1.165) is 41.0 Å². The Labute approximate surface area is 177 Å². The number of halogens is 4.